The zero-order chi connectivity index (χ0) is 14.0. The second kappa shape index (κ2) is 5.21. The maximum Gasteiger partial charge on any atom is 0.433 e. The number of rotatable bonds is 5. The predicted molar refractivity (Wildman–Crippen MR) is 54.2 cm³/mol. The van der Waals surface area contributed by atoms with E-state index in [-0.39, 0.29) is 6.61 Å². The Balaban J connectivity index is 2.93. The summed E-state index contributed by atoms with van der Waals surface area (Å²) in [4.78, 5) is 20.7. The van der Waals surface area contributed by atoms with Crippen LogP contribution in [0.2, 0.25) is 0 Å². The Morgan fingerprint density at radius 1 is 1.61 bits per heavy atom. The molecule has 0 radical (unpaired) electrons. The first-order valence-electron chi connectivity index (χ1n) is 4.77. The third-order valence-corrected chi connectivity index (χ3v) is 3.25. The van der Waals surface area contributed by atoms with Crippen molar-refractivity contribution in [3.8, 4) is 0 Å². The highest BCUT2D eigenvalue weighted by Gasteiger charge is 2.38. The number of hydrogen-bond donors (Lipinski definition) is 2. The molecule has 18 heavy (non-hydrogen) atoms. The molecule has 0 amide bonds. The first-order valence-corrected chi connectivity index (χ1v) is 6.54. The van der Waals surface area contributed by atoms with Crippen molar-refractivity contribution in [2.24, 2.45) is 0 Å². The number of Topliss-reactive ketones (excluding diaryl/α,β-unsaturated/α-hetero) is 1. The van der Waals surface area contributed by atoms with Crippen molar-refractivity contribution >= 4 is 13.4 Å². The largest absolute Gasteiger partial charge is 0.433 e. The van der Waals surface area contributed by atoms with E-state index >= 15 is 0 Å². The molecule has 0 spiro atoms. The minimum Gasteiger partial charge on any atom is -0.324 e. The van der Waals surface area contributed by atoms with Gasteiger partial charge in [-0.05, 0) is 6.92 Å². The lowest BCUT2D eigenvalue weighted by Crippen LogP contribution is -2.15. The molecule has 6 nitrogen and oxygen atoms in total. The fourth-order valence-corrected chi connectivity index (χ4v) is 2.26. The van der Waals surface area contributed by atoms with E-state index in [1.807, 2.05) is 0 Å². The molecular formula is C8H10F3N2O4P. The van der Waals surface area contributed by atoms with Crippen LogP contribution in [-0.2, 0) is 15.3 Å². The van der Waals surface area contributed by atoms with Gasteiger partial charge >= 0.3 is 13.8 Å². The molecule has 0 aliphatic heterocycles. The van der Waals surface area contributed by atoms with E-state index < -0.39 is 37.0 Å². The van der Waals surface area contributed by atoms with E-state index in [9.17, 15) is 27.4 Å². The first-order chi connectivity index (χ1) is 8.17. The van der Waals surface area contributed by atoms with Crippen molar-refractivity contribution in [3.05, 3.63) is 17.5 Å². The van der Waals surface area contributed by atoms with Crippen LogP contribution in [-0.4, -0.2) is 33.6 Å². The van der Waals surface area contributed by atoms with Gasteiger partial charge in [-0.15, -0.1) is 0 Å². The van der Waals surface area contributed by atoms with Crippen LogP contribution < -0.4 is 0 Å². The Hall–Kier alpha value is -1.18. The van der Waals surface area contributed by atoms with E-state index in [2.05, 4.69) is 9.62 Å². The molecule has 1 rings (SSSR count). The zero-order valence-electron chi connectivity index (χ0n) is 9.19. The van der Waals surface area contributed by atoms with Crippen molar-refractivity contribution in [1.82, 2.24) is 10.2 Å². The van der Waals surface area contributed by atoms with E-state index in [1.54, 1.807) is 5.10 Å². The fourth-order valence-electron chi connectivity index (χ4n) is 1.23. The molecule has 1 aromatic rings. The van der Waals surface area contributed by atoms with E-state index in [4.69, 9.17) is 0 Å². The van der Waals surface area contributed by atoms with Crippen molar-refractivity contribution in [2.75, 3.05) is 12.8 Å². The SMILES string of the molecule is CCOP(=O)(O)CC(=O)c1cn[nH]c1C(F)(F)F. The Bertz CT molecular complexity index is 485. The highest BCUT2D eigenvalue weighted by atomic mass is 31.2. The van der Waals surface area contributed by atoms with Crippen LogP contribution in [0.5, 0.6) is 0 Å². The number of aromatic amines is 1. The lowest BCUT2D eigenvalue weighted by Gasteiger charge is -2.10. The van der Waals surface area contributed by atoms with Gasteiger partial charge in [0.15, 0.2) is 5.78 Å². The van der Waals surface area contributed by atoms with Crippen LogP contribution >= 0.6 is 7.60 Å². The molecule has 0 saturated carbocycles. The first kappa shape index (κ1) is 14.9. The number of H-pyrrole nitrogens is 1. The maximum atomic E-state index is 12.4. The van der Waals surface area contributed by atoms with Gasteiger partial charge in [0.25, 0.3) is 0 Å². The summed E-state index contributed by atoms with van der Waals surface area (Å²) < 4.78 is 53.0. The normalized spacial score (nSPS) is 15.4. The Morgan fingerprint density at radius 2 is 2.22 bits per heavy atom. The summed E-state index contributed by atoms with van der Waals surface area (Å²) in [6, 6.07) is 0. The van der Waals surface area contributed by atoms with Gasteiger partial charge in [0.2, 0.25) is 0 Å². The topological polar surface area (TPSA) is 92.3 Å². The van der Waals surface area contributed by atoms with Gasteiger partial charge in [-0.1, -0.05) is 0 Å². The number of nitrogens with one attached hydrogen (secondary N) is 1. The third kappa shape index (κ3) is 3.66. The summed E-state index contributed by atoms with van der Waals surface area (Å²) >= 11 is 0. The molecule has 1 aromatic heterocycles. The van der Waals surface area contributed by atoms with Crippen LogP contribution in [0.4, 0.5) is 13.2 Å². The summed E-state index contributed by atoms with van der Waals surface area (Å²) in [5.41, 5.74) is -2.12. The summed E-state index contributed by atoms with van der Waals surface area (Å²) in [6.07, 6.45) is -5.15. The Labute approximate surface area is 99.7 Å². The second-order valence-corrected chi connectivity index (χ2v) is 5.14. The summed E-state index contributed by atoms with van der Waals surface area (Å²) in [5.74, 6) is -1.16. The standard InChI is InChI=1S/C8H10F3N2O4P/c1-2-17-18(15,16)4-6(14)5-3-12-13-7(5)8(9,10)11/h3H,2,4H2,1H3,(H,12,13)(H,15,16). The molecular weight excluding hydrogens is 276 g/mol. The number of carbonyl (C=O) groups excluding carboxylic acids is 1. The van der Waals surface area contributed by atoms with E-state index in [1.165, 1.54) is 6.92 Å². The minimum atomic E-state index is -4.79. The highest BCUT2D eigenvalue weighted by Crippen LogP contribution is 2.42. The molecule has 1 unspecified atom stereocenters. The molecule has 0 fully saturated rings. The van der Waals surface area contributed by atoms with Gasteiger partial charge in [0.1, 0.15) is 11.9 Å². The maximum absolute atomic E-state index is 12.4. The van der Waals surface area contributed by atoms with Crippen molar-refractivity contribution < 1.29 is 31.9 Å². The zero-order valence-corrected chi connectivity index (χ0v) is 10.1. The number of aromatic nitrogens is 2. The third-order valence-electron chi connectivity index (χ3n) is 1.90. The molecule has 0 aromatic carbocycles. The molecule has 0 aliphatic rings. The van der Waals surface area contributed by atoms with Crippen LogP contribution in [0.1, 0.15) is 23.0 Å². The van der Waals surface area contributed by atoms with Gasteiger partial charge in [-0.2, -0.15) is 18.3 Å². The number of nitrogens with zero attached hydrogens (tertiary/aromatic N) is 1. The van der Waals surface area contributed by atoms with Crippen LogP contribution in [0.3, 0.4) is 0 Å². The van der Waals surface area contributed by atoms with Crippen molar-refractivity contribution in [2.45, 2.75) is 13.1 Å². The van der Waals surface area contributed by atoms with Gasteiger partial charge < -0.3 is 9.42 Å². The average molecular weight is 286 g/mol. The summed E-state index contributed by atoms with van der Waals surface area (Å²) in [5, 5.41) is 4.74. The summed E-state index contributed by atoms with van der Waals surface area (Å²) in [7, 11) is -4.22. The van der Waals surface area contributed by atoms with Gasteiger partial charge in [0.05, 0.1) is 18.4 Å². The van der Waals surface area contributed by atoms with Crippen LogP contribution in [0.25, 0.3) is 0 Å². The molecule has 1 heterocycles. The number of carbonyl (C=O) groups is 1. The predicted octanol–water partition coefficient (Wildman–Crippen LogP) is 1.83. The molecule has 1 atom stereocenters. The Morgan fingerprint density at radius 3 is 2.72 bits per heavy atom. The fraction of sp³-hybridized carbons (Fsp3) is 0.500. The average Bonchev–Trinajstić information content (AvgIpc) is 2.63. The lowest BCUT2D eigenvalue weighted by atomic mass is 10.2. The van der Waals surface area contributed by atoms with Crippen LogP contribution in [0, 0.1) is 0 Å². The van der Waals surface area contributed by atoms with E-state index in [0.29, 0.717) is 6.20 Å². The second-order valence-electron chi connectivity index (χ2n) is 3.29. The summed E-state index contributed by atoms with van der Waals surface area (Å²) in [6.45, 7) is 1.30. The van der Waals surface area contributed by atoms with Gasteiger partial charge in [-0.25, -0.2) is 0 Å². The molecule has 102 valence electrons. The Kier molecular flexibility index (Phi) is 4.31. The smallest absolute Gasteiger partial charge is 0.324 e. The minimum absolute atomic E-state index is 0.126. The molecule has 10 heteroatoms. The molecule has 0 saturated heterocycles. The van der Waals surface area contributed by atoms with Gasteiger partial charge in [-0.3, -0.25) is 14.5 Å². The highest BCUT2D eigenvalue weighted by molar-refractivity contribution is 7.53. The molecule has 0 bridgehead atoms. The number of hydrogen-bond acceptors (Lipinski definition) is 4. The number of alkyl halides is 3. The van der Waals surface area contributed by atoms with Crippen molar-refractivity contribution in [1.29, 1.82) is 0 Å². The molecule has 0 aliphatic carbocycles. The quantitative estimate of drug-likeness (QED) is 0.636. The number of halogens is 3. The van der Waals surface area contributed by atoms with Gasteiger partial charge in [0, 0.05) is 0 Å². The van der Waals surface area contributed by atoms with Crippen LogP contribution in [0.15, 0.2) is 6.20 Å². The van der Waals surface area contributed by atoms with E-state index in [0.717, 1.165) is 0 Å². The lowest BCUT2D eigenvalue weighted by molar-refractivity contribution is -0.141. The molecule has 2 N–H and O–H groups in total. The number of ketones is 1. The van der Waals surface area contributed by atoms with Crippen molar-refractivity contribution in [3.63, 3.8) is 0 Å². The monoisotopic (exact) mass is 286 g/mol.